The van der Waals surface area contributed by atoms with Gasteiger partial charge < -0.3 is 14.5 Å². The molecule has 34 heavy (non-hydrogen) atoms. The quantitative estimate of drug-likeness (QED) is 0.369. The van der Waals surface area contributed by atoms with Gasteiger partial charge in [0.15, 0.2) is 10.7 Å². The minimum Gasteiger partial charge on any atom is -0.382 e. The normalized spacial score (nSPS) is 25.3. The van der Waals surface area contributed by atoms with E-state index in [9.17, 15) is 8.42 Å². The number of fused-ring (bicyclic) bond motifs is 3. The van der Waals surface area contributed by atoms with Gasteiger partial charge in [-0.1, -0.05) is 0 Å². The van der Waals surface area contributed by atoms with Gasteiger partial charge in [-0.05, 0) is 68.5 Å². The predicted molar refractivity (Wildman–Crippen MR) is 130 cm³/mol. The molecule has 0 radical (unpaired) electrons. The van der Waals surface area contributed by atoms with Gasteiger partial charge in [0.2, 0.25) is 0 Å². The molecule has 184 valence electrons. The second kappa shape index (κ2) is 10.6. The minimum absolute atomic E-state index is 0.0734. The molecular weight excluding hydrogens is 454 g/mol. The monoisotopic (exact) mass is 487 g/mol. The molecule has 2 atom stereocenters. The molecule has 9 nitrogen and oxygen atoms in total. The van der Waals surface area contributed by atoms with Crippen molar-refractivity contribution in [3.05, 3.63) is 30.2 Å². The Morgan fingerprint density at radius 1 is 1.18 bits per heavy atom. The van der Waals surface area contributed by atoms with Crippen molar-refractivity contribution in [2.24, 2.45) is 5.92 Å². The van der Waals surface area contributed by atoms with E-state index >= 15 is 0 Å². The van der Waals surface area contributed by atoms with Crippen LogP contribution in [0.3, 0.4) is 0 Å². The molecule has 10 heteroatoms. The number of H-pyrrole nitrogens is 1. The van der Waals surface area contributed by atoms with Crippen molar-refractivity contribution in [2.75, 3.05) is 33.4 Å². The average molecular weight is 488 g/mol. The lowest BCUT2D eigenvalue weighted by molar-refractivity contribution is -0.0286. The summed E-state index contributed by atoms with van der Waals surface area (Å²) in [7, 11) is -0.887. The summed E-state index contributed by atoms with van der Waals surface area (Å²) in [5.74, 6) is 0.483. The fourth-order valence-electron chi connectivity index (χ4n) is 5.88. The van der Waals surface area contributed by atoms with Gasteiger partial charge in [-0.2, -0.15) is 5.10 Å². The topological polar surface area (TPSA) is 110 Å². The van der Waals surface area contributed by atoms with Crippen LogP contribution in [0.1, 0.15) is 50.0 Å². The molecule has 0 aromatic carbocycles. The highest BCUT2D eigenvalue weighted by atomic mass is 32.2. The Hall–Kier alpha value is -2.14. The highest BCUT2D eigenvalue weighted by Crippen LogP contribution is 2.41. The van der Waals surface area contributed by atoms with E-state index in [1.807, 2.05) is 18.5 Å². The molecule has 1 aliphatic carbocycles. The molecular formula is C24H33N5O4S. The number of aromatic nitrogens is 4. The van der Waals surface area contributed by atoms with Crippen molar-refractivity contribution in [3.8, 4) is 0 Å². The van der Waals surface area contributed by atoms with Crippen molar-refractivity contribution in [1.82, 2.24) is 25.1 Å². The molecule has 0 spiro atoms. The molecule has 0 amide bonds. The third kappa shape index (κ3) is 4.82. The van der Waals surface area contributed by atoms with Gasteiger partial charge in [-0.15, -0.1) is 5.10 Å². The second-order valence-electron chi connectivity index (χ2n) is 9.49. The van der Waals surface area contributed by atoms with Crippen molar-refractivity contribution in [1.29, 1.82) is 0 Å². The van der Waals surface area contributed by atoms with Crippen molar-refractivity contribution in [3.63, 3.8) is 0 Å². The molecule has 5 rings (SSSR count). The van der Waals surface area contributed by atoms with Crippen LogP contribution in [0.25, 0.3) is 21.9 Å². The number of hydrogen-bond donors (Lipinski definition) is 2. The van der Waals surface area contributed by atoms with Crippen LogP contribution < -0.4 is 0 Å². The standard InChI is InChI=1S/C24H33N5O4S/c1-32-11-12-33-18-3-2-10-29(15-18)24(34(30)31)17-6-4-16(5-7-17)20-13-27-28-21-14-26-23-19(22(20)21)8-9-25-23/h8-9,13-14,16-18,24,34H,2-7,10-12,15H2,1H3,(H,25,26). The SMILES string of the molecule is COCCOC1CCCN(C(C2CCC(c3cnnc4cnc5[nH]ccc5c34)CC2)[SH](=O)=O)C1. The Kier molecular flexibility index (Phi) is 7.38. The largest absolute Gasteiger partial charge is 0.382 e. The van der Waals surface area contributed by atoms with Gasteiger partial charge in [0.1, 0.15) is 16.5 Å². The number of likely N-dealkylation sites (tertiary alicyclic amines) is 1. The van der Waals surface area contributed by atoms with Crippen molar-refractivity contribution in [2.45, 2.75) is 55.9 Å². The maximum absolute atomic E-state index is 12.4. The van der Waals surface area contributed by atoms with Gasteiger partial charge in [0.25, 0.3) is 0 Å². The number of ether oxygens (including phenoxy) is 2. The van der Waals surface area contributed by atoms with Gasteiger partial charge in [0.05, 0.1) is 31.7 Å². The summed E-state index contributed by atoms with van der Waals surface area (Å²) in [6.07, 6.45) is 11.2. The molecule has 3 aromatic heterocycles. The number of hydrogen-bond acceptors (Lipinski definition) is 8. The maximum atomic E-state index is 12.4. The summed E-state index contributed by atoms with van der Waals surface area (Å²) < 4.78 is 35.8. The summed E-state index contributed by atoms with van der Waals surface area (Å²) in [4.78, 5) is 9.78. The lowest BCUT2D eigenvalue weighted by atomic mass is 9.77. The van der Waals surface area contributed by atoms with Gasteiger partial charge >= 0.3 is 0 Å². The predicted octanol–water partition coefficient (Wildman–Crippen LogP) is 2.84. The Bertz CT molecular complexity index is 1180. The molecule has 0 bridgehead atoms. The average Bonchev–Trinajstić information content (AvgIpc) is 3.34. The van der Waals surface area contributed by atoms with E-state index in [2.05, 4.69) is 25.1 Å². The number of nitrogens with zero attached hydrogens (tertiary/aromatic N) is 4. The van der Waals surface area contributed by atoms with E-state index in [-0.39, 0.29) is 12.0 Å². The summed E-state index contributed by atoms with van der Waals surface area (Å²) in [5, 5.41) is 10.3. The van der Waals surface area contributed by atoms with Crippen LogP contribution in [0.15, 0.2) is 24.7 Å². The zero-order valence-electron chi connectivity index (χ0n) is 19.6. The number of rotatable bonds is 8. The Labute approximate surface area is 201 Å². The minimum atomic E-state index is -2.55. The van der Waals surface area contributed by atoms with Gasteiger partial charge in [0, 0.05) is 30.6 Å². The number of piperidine rings is 1. The zero-order valence-corrected chi connectivity index (χ0v) is 20.5. The van der Waals surface area contributed by atoms with Crippen LogP contribution >= 0.6 is 0 Å². The van der Waals surface area contributed by atoms with Crippen LogP contribution in [0.5, 0.6) is 0 Å². The maximum Gasteiger partial charge on any atom is 0.156 e. The molecule has 4 heterocycles. The first-order valence-corrected chi connectivity index (χ1v) is 13.5. The number of nitrogens with one attached hydrogen (secondary N) is 1. The van der Waals surface area contributed by atoms with Crippen LogP contribution in [-0.4, -0.2) is 78.4 Å². The van der Waals surface area contributed by atoms with E-state index in [1.54, 1.807) is 13.3 Å². The molecule has 2 aliphatic rings. The van der Waals surface area contributed by atoms with Gasteiger partial charge in [-0.25, -0.2) is 13.4 Å². The summed E-state index contributed by atoms with van der Waals surface area (Å²) in [6, 6.07) is 2.04. The van der Waals surface area contributed by atoms with Crippen LogP contribution in [-0.2, 0) is 20.2 Å². The van der Waals surface area contributed by atoms with Crippen molar-refractivity contribution < 1.29 is 17.9 Å². The molecule has 1 aliphatic heterocycles. The number of pyridine rings is 1. The first kappa shape index (κ1) is 23.6. The second-order valence-corrected chi connectivity index (χ2v) is 10.6. The van der Waals surface area contributed by atoms with E-state index in [0.29, 0.717) is 25.7 Å². The highest BCUT2D eigenvalue weighted by Gasteiger charge is 2.36. The summed E-state index contributed by atoms with van der Waals surface area (Å²) >= 11 is 0. The Balaban J connectivity index is 1.30. The fraction of sp³-hybridized carbons (Fsp3) is 0.625. The third-order valence-electron chi connectivity index (χ3n) is 7.49. The van der Waals surface area contributed by atoms with Crippen LogP contribution in [0, 0.1) is 5.92 Å². The van der Waals surface area contributed by atoms with Crippen molar-refractivity contribution >= 4 is 32.6 Å². The number of thiol groups is 1. The van der Waals surface area contributed by atoms with Gasteiger partial charge in [-0.3, -0.25) is 4.90 Å². The van der Waals surface area contributed by atoms with E-state index in [4.69, 9.17) is 9.47 Å². The first-order chi connectivity index (χ1) is 16.7. The number of methoxy groups -OCH3 is 1. The molecule has 1 saturated carbocycles. The molecule has 3 aromatic rings. The number of aromatic amines is 1. The van der Waals surface area contributed by atoms with Crippen LogP contribution in [0.4, 0.5) is 0 Å². The summed E-state index contributed by atoms with van der Waals surface area (Å²) in [5.41, 5.74) is 2.86. The molecule has 2 unspecified atom stereocenters. The summed E-state index contributed by atoms with van der Waals surface area (Å²) in [6.45, 7) is 2.60. The van der Waals surface area contributed by atoms with E-state index in [0.717, 1.165) is 67.0 Å². The highest BCUT2D eigenvalue weighted by molar-refractivity contribution is 7.73. The molecule has 2 fully saturated rings. The molecule has 1 N–H and O–H groups in total. The Morgan fingerprint density at radius 2 is 2.03 bits per heavy atom. The smallest absolute Gasteiger partial charge is 0.156 e. The van der Waals surface area contributed by atoms with E-state index in [1.165, 1.54) is 5.56 Å². The first-order valence-electron chi connectivity index (χ1n) is 12.2. The molecule has 1 saturated heterocycles. The Morgan fingerprint density at radius 3 is 2.82 bits per heavy atom. The zero-order chi connectivity index (χ0) is 23.5. The third-order valence-corrected chi connectivity index (χ3v) is 8.67. The van der Waals surface area contributed by atoms with Crippen LogP contribution in [0.2, 0.25) is 0 Å². The van der Waals surface area contributed by atoms with E-state index < -0.39 is 16.1 Å². The lowest BCUT2D eigenvalue weighted by Crippen LogP contribution is -2.49. The fourth-order valence-corrected chi connectivity index (χ4v) is 7.00. The lowest BCUT2D eigenvalue weighted by Gasteiger charge is -2.41.